The van der Waals surface area contributed by atoms with E-state index in [0.717, 1.165) is 17.7 Å². The first kappa shape index (κ1) is 13.4. The van der Waals surface area contributed by atoms with E-state index in [1.807, 2.05) is 25.1 Å². The maximum atomic E-state index is 11.5. The molecule has 0 aliphatic heterocycles. The summed E-state index contributed by atoms with van der Waals surface area (Å²) in [4.78, 5) is 12.7. The molecule has 0 spiro atoms. The molecule has 18 heavy (non-hydrogen) atoms. The number of aliphatic carboxylic acids is 1. The van der Waals surface area contributed by atoms with Crippen molar-refractivity contribution < 1.29 is 9.90 Å². The van der Waals surface area contributed by atoms with Gasteiger partial charge < -0.3 is 10.4 Å². The maximum absolute atomic E-state index is 11.5. The van der Waals surface area contributed by atoms with Crippen LogP contribution in [0, 0.1) is 12.8 Å². The van der Waals surface area contributed by atoms with Crippen LogP contribution in [0.2, 0.25) is 0 Å². The molecule has 98 valence electrons. The van der Waals surface area contributed by atoms with Crippen molar-refractivity contribution >= 4 is 17.7 Å². The largest absolute Gasteiger partial charge is 0.480 e. The number of thioether (sulfide) groups is 1. The smallest absolute Gasteiger partial charge is 0.325 e. The lowest BCUT2D eigenvalue weighted by Crippen LogP contribution is -2.54. The number of aryl methyl sites for hydroxylation is 1. The summed E-state index contributed by atoms with van der Waals surface area (Å²) in [6.45, 7) is 2.05. The Morgan fingerprint density at radius 2 is 2.28 bits per heavy atom. The second kappa shape index (κ2) is 5.33. The van der Waals surface area contributed by atoms with E-state index in [1.54, 1.807) is 18.8 Å². The number of carboxylic acids is 1. The first-order valence-electron chi connectivity index (χ1n) is 6.20. The van der Waals surface area contributed by atoms with Crippen molar-refractivity contribution in [1.82, 2.24) is 5.32 Å². The third-order valence-corrected chi connectivity index (χ3v) is 4.75. The van der Waals surface area contributed by atoms with Gasteiger partial charge in [0.1, 0.15) is 5.54 Å². The molecular weight excluding hydrogens is 246 g/mol. The average molecular weight is 265 g/mol. The Kier molecular flexibility index (Phi) is 3.97. The van der Waals surface area contributed by atoms with E-state index in [2.05, 4.69) is 11.4 Å². The standard InChI is InChI=1S/C14H19NO2S/c1-10-4-3-5-12(8-10)18-9-14(15-2,13(16)17)11-6-7-11/h3-5,8,11,15H,6-7,9H2,1-2H3,(H,16,17). The minimum Gasteiger partial charge on any atom is -0.480 e. The van der Waals surface area contributed by atoms with Gasteiger partial charge >= 0.3 is 5.97 Å². The average Bonchev–Trinajstić information content (AvgIpc) is 3.15. The molecule has 0 bridgehead atoms. The van der Waals surface area contributed by atoms with Crippen molar-refractivity contribution in [1.29, 1.82) is 0 Å². The van der Waals surface area contributed by atoms with Gasteiger partial charge in [-0.1, -0.05) is 17.7 Å². The fourth-order valence-electron chi connectivity index (χ4n) is 2.22. The molecule has 3 nitrogen and oxygen atoms in total. The van der Waals surface area contributed by atoms with Crippen LogP contribution >= 0.6 is 11.8 Å². The minimum atomic E-state index is -0.769. The van der Waals surface area contributed by atoms with Gasteiger partial charge in [0.25, 0.3) is 0 Å². The minimum absolute atomic E-state index is 0.275. The zero-order valence-electron chi connectivity index (χ0n) is 10.8. The van der Waals surface area contributed by atoms with Gasteiger partial charge in [0.15, 0.2) is 0 Å². The first-order chi connectivity index (χ1) is 8.58. The molecule has 1 atom stereocenters. The van der Waals surface area contributed by atoms with Crippen molar-refractivity contribution in [3.05, 3.63) is 29.8 Å². The molecule has 4 heteroatoms. The highest BCUT2D eigenvalue weighted by molar-refractivity contribution is 7.99. The van der Waals surface area contributed by atoms with E-state index < -0.39 is 11.5 Å². The van der Waals surface area contributed by atoms with Crippen LogP contribution in [-0.2, 0) is 4.79 Å². The van der Waals surface area contributed by atoms with Crippen molar-refractivity contribution in [3.8, 4) is 0 Å². The zero-order chi connectivity index (χ0) is 13.2. The molecule has 0 radical (unpaired) electrons. The second-order valence-electron chi connectivity index (χ2n) is 4.91. The molecule has 0 saturated heterocycles. The number of benzene rings is 1. The molecule has 1 saturated carbocycles. The van der Waals surface area contributed by atoms with Gasteiger partial charge in [-0.15, -0.1) is 11.8 Å². The lowest BCUT2D eigenvalue weighted by atomic mass is 9.96. The molecular formula is C14H19NO2S. The molecule has 0 amide bonds. The number of carbonyl (C=O) groups is 1. The molecule has 1 aliphatic carbocycles. The van der Waals surface area contributed by atoms with Crippen LogP contribution in [0.4, 0.5) is 0 Å². The lowest BCUT2D eigenvalue weighted by Gasteiger charge is -2.28. The van der Waals surface area contributed by atoms with E-state index >= 15 is 0 Å². The van der Waals surface area contributed by atoms with E-state index in [1.165, 1.54) is 5.56 Å². The van der Waals surface area contributed by atoms with Crippen molar-refractivity contribution in [3.63, 3.8) is 0 Å². The van der Waals surface area contributed by atoms with Crippen LogP contribution in [0.3, 0.4) is 0 Å². The summed E-state index contributed by atoms with van der Waals surface area (Å²) in [5.41, 5.74) is 0.436. The Morgan fingerprint density at radius 3 is 2.78 bits per heavy atom. The number of likely N-dealkylation sites (N-methyl/N-ethyl adjacent to an activating group) is 1. The van der Waals surface area contributed by atoms with Crippen molar-refractivity contribution in [2.45, 2.75) is 30.2 Å². The van der Waals surface area contributed by atoms with Gasteiger partial charge in [-0.05, 0) is 44.9 Å². The third-order valence-electron chi connectivity index (χ3n) is 3.56. The number of carboxylic acid groups (broad SMARTS) is 1. The Balaban J connectivity index is 2.08. The zero-order valence-corrected chi connectivity index (χ0v) is 11.6. The molecule has 1 aromatic carbocycles. The fourth-order valence-corrected chi connectivity index (χ4v) is 3.56. The Labute approximate surface area is 112 Å². The highest BCUT2D eigenvalue weighted by Gasteiger charge is 2.50. The molecule has 2 rings (SSSR count). The van der Waals surface area contributed by atoms with Gasteiger partial charge in [-0.2, -0.15) is 0 Å². The van der Waals surface area contributed by atoms with Crippen LogP contribution in [0.5, 0.6) is 0 Å². The van der Waals surface area contributed by atoms with Crippen LogP contribution in [-0.4, -0.2) is 29.4 Å². The Morgan fingerprint density at radius 1 is 1.56 bits per heavy atom. The van der Waals surface area contributed by atoms with Crippen molar-refractivity contribution in [2.24, 2.45) is 5.92 Å². The summed E-state index contributed by atoms with van der Waals surface area (Å²) < 4.78 is 0. The summed E-state index contributed by atoms with van der Waals surface area (Å²) in [6, 6.07) is 8.19. The molecule has 1 unspecified atom stereocenters. The summed E-state index contributed by atoms with van der Waals surface area (Å²) >= 11 is 1.62. The number of rotatable bonds is 6. The number of hydrogen-bond acceptors (Lipinski definition) is 3. The van der Waals surface area contributed by atoms with Crippen LogP contribution in [0.1, 0.15) is 18.4 Å². The van der Waals surface area contributed by atoms with Crippen molar-refractivity contribution in [2.75, 3.05) is 12.8 Å². The molecule has 1 fully saturated rings. The Bertz CT molecular complexity index is 445. The monoisotopic (exact) mass is 265 g/mol. The predicted molar refractivity (Wildman–Crippen MR) is 74.1 cm³/mol. The van der Waals surface area contributed by atoms with Gasteiger partial charge in [0.2, 0.25) is 0 Å². The predicted octanol–water partition coefficient (Wildman–Crippen LogP) is 2.54. The summed E-state index contributed by atoms with van der Waals surface area (Å²) in [6.07, 6.45) is 2.03. The molecule has 1 aromatic rings. The van der Waals surface area contributed by atoms with Gasteiger partial charge in [-0.25, -0.2) is 0 Å². The highest BCUT2D eigenvalue weighted by atomic mass is 32.2. The van der Waals surface area contributed by atoms with E-state index in [-0.39, 0.29) is 5.92 Å². The van der Waals surface area contributed by atoms with Gasteiger partial charge in [0, 0.05) is 10.6 Å². The third kappa shape index (κ3) is 2.70. The molecule has 2 N–H and O–H groups in total. The summed E-state index contributed by atoms with van der Waals surface area (Å²) in [5.74, 6) is 0.123. The quantitative estimate of drug-likeness (QED) is 0.776. The highest BCUT2D eigenvalue weighted by Crippen LogP contribution is 2.42. The topological polar surface area (TPSA) is 49.3 Å². The summed E-state index contributed by atoms with van der Waals surface area (Å²) in [7, 11) is 1.75. The van der Waals surface area contributed by atoms with E-state index in [9.17, 15) is 9.90 Å². The second-order valence-corrected chi connectivity index (χ2v) is 5.95. The SMILES string of the molecule is CNC(CSc1cccc(C)c1)(C(=O)O)C1CC1. The van der Waals surface area contributed by atoms with Gasteiger partial charge in [0.05, 0.1) is 0 Å². The van der Waals surface area contributed by atoms with Crippen LogP contribution in [0.25, 0.3) is 0 Å². The lowest BCUT2D eigenvalue weighted by molar-refractivity contribution is -0.144. The van der Waals surface area contributed by atoms with Gasteiger partial charge in [-0.3, -0.25) is 4.79 Å². The number of hydrogen-bond donors (Lipinski definition) is 2. The first-order valence-corrected chi connectivity index (χ1v) is 7.19. The van der Waals surface area contributed by atoms with Crippen LogP contribution < -0.4 is 5.32 Å². The molecule has 0 aromatic heterocycles. The molecule has 0 heterocycles. The normalized spacial score (nSPS) is 18.3. The maximum Gasteiger partial charge on any atom is 0.325 e. The Hall–Kier alpha value is -1.00. The van der Waals surface area contributed by atoms with E-state index in [4.69, 9.17) is 0 Å². The summed E-state index contributed by atoms with van der Waals surface area (Å²) in [5, 5.41) is 12.5. The number of nitrogens with one attached hydrogen (secondary N) is 1. The van der Waals surface area contributed by atoms with Crippen LogP contribution in [0.15, 0.2) is 29.2 Å². The molecule has 1 aliphatic rings. The van der Waals surface area contributed by atoms with E-state index in [0.29, 0.717) is 5.75 Å². The fraction of sp³-hybridized carbons (Fsp3) is 0.500.